The van der Waals surface area contributed by atoms with Gasteiger partial charge in [-0.3, -0.25) is 14.5 Å². The van der Waals surface area contributed by atoms with Crippen molar-refractivity contribution >= 4 is 29.3 Å². The van der Waals surface area contributed by atoms with Crippen LogP contribution in [0.5, 0.6) is 0 Å². The number of carbonyl (C=O) groups is 2. The summed E-state index contributed by atoms with van der Waals surface area (Å²) in [4.78, 5) is 25.9. The maximum absolute atomic E-state index is 13.4. The molecule has 2 aliphatic heterocycles. The third-order valence-corrected chi connectivity index (χ3v) is 5.37. The van der Waals surface area contributed by atoms with E-state index in [1.54, 1.807) is 12.1 Å². The van der Waals surface area contributed by atoms with Crippen LogP contribution in [0.4, 0.5) is 18.9 Å². The second kappa shape index (κ2) is 7.85. The van der Waals surface area contributed by atoms with E-state index in [1.807, 2.05) is 0 Å². The van der Waals surface area contributed by atoms with E-state index in [9.17, 15) is 22.8 Å². The van der Waals surface area contributed by atoms with E-state index in [0.717, 1.165) is 4.90 Å². The molecule has 1 aromatic carbocycles. The molecule has 1 atom stereocenters. The summed E-state index contributed by atoms with van der Waals surface area (Å²) < 4.78 is 40.1. The monoisotopic (exact) mass is 388 g/mol. The highest BCUT2D eigenvalue weighted by molar-refractivity contribution is 8.00. The van der Waals surface area contributed by atoms with Crippen LogP contribution in [0.15, 0.2) is 23.1 Å². The standard InChI is InChI=1S/C16H19F3N4O2S/c17-16(18,19)13(23-5-3-20-4-6-23)8-21-15(25)10-1-2-12-11(7-10)22-14(24)9-26-12/h1-2,7,13,20H,3-6,8-9H2,(H,21,25)(H,22,24). The minimum Gasteiger partial charge on any atom is -0.350 e. The van der Waals surface area contributed by atoms with Gasteiger partial charge in [0.1, 0.15) is 6.04 Å². The van der Waals surface area contributed by atoms with Crippen LogP contribution in [0, 0.1) is 0 Å². The number of benzene rings is 1. The molecule has 1 saturated heterocycles. The van der Waals surface area contributed by atoms with Gasteiger partial charge in [0.25, 0.3) is 5.91 Å². The quantitative estimate of drug-likeness (QED) is 0.725. The van der Waals surface area contributed by atoms with Gasteiger partial charge in [-0.15, -0.1) is 11.8 Å². The van der Waals surface area contributed by atoms with Crippen LogP contribution >= 0.6 is 11.8 Å². The van der Waals surface area contributed by atoms with E-state index in [-0.39, 0.29) is 24.6 Å². The van der Waals surface area contributed by atoms with Gasteiger partial charge in [-0.25, -0.2) is 0 Å². The van der Waals surface area contributed by atoms with Crippen molar-refractivity contribution in [1.82, 2.24) is 15.5 Å². The molecule has 2 amide bonds. The third kappa shape index (κ3) is 4.49. The van der Waals surface area contributed by atoms with E-state index in [2.05, 4.69) is 16.0 Å². The first-order valence-electron chi connectivity index (χ1n) is 8.21. The summed E-state index contributed by atoms with van der Waals surface area (Å²) in [5.74, 6) is -0.464. The van der Waals surface area contributed by atoms with Gasteiger partial charge in [0.15, 0.2) is 0 Å². The number of halogens is 3. The fourth-order valence-electron chi connectivity index (χ4n) is 2.96. The summed E-state index contributed by atoms with van der Waals surface area (Å²) in [6.07, 6.45) is -4.43. The van der Waals surface area contributed by atoms with Crippen molar-refractivity contribution in [2.75, 3.05) is 43.8 Å². The van der Waals surface area contributed by atoms with Crippen LogP contribution in [0.25, 0.3) is 0 Å². The van der Waals surface area contributed by atoms with Gasteiger partial charge in [0.05, 0.1) is 11.4 Å². The lowest BCUT2D eigenvalue weighted by Gasteiger charge is -2.35. The van der Waals surface area contributed by atoms with Crippen LogP contribution in [-0.4, -0.2) is 67.4 Å². The van der Waals surface area contributed by atoms with E-state index < -0.39 is 24.7 Å². The van der Waals surface area contributed by atoms with Crippen molar-refractivity contribution in [1.29, 1.82) is 0 Å². The molecule has 0 radical (unpaired) electrons. The zero-order chi connectivity index (χ0) is 18.7. The molecule has 1 aromatic rings. The molecular weight excluding hydrogens is 369 g/mol. The average Bonchev–Trinajstić information content (AvgIpc) is 2.61. The molecule has 0 aromatic heterocycles. The van der Waals surface area contributed by atoms with Gasteiger partial charge in [-0.05, 0) is 18.2 Å². The number of rotatable bonds is 4. The highest BCUT2D eigenvalue weighted by Crippen LogP contribution is 2.32. The molecule has 0 aliphatic carbocycles. The lowest BCUT2D eigenvalue weighted by molar-refractivity contribution is -0.183. The second-order valence-electron chi connectivity index (χ2n) is 6.10. The summed E-state index contributed by atoms with van der Waals surface area (Å²) >= 11 is 1.35. The summed E-state index contributed by atoms with van der Waals surface area (Å²) in [5.41, 5.74) is 0.723. The predicted octanol–water partition coefficient (Wildman–Crippen LogP) is 1.30. The molecule has 3 rings (SSSR count). The number of carbonyl (C=O) groups excluding carboxylic acids is 2. The molecule has 2 aliphatic rings. The second-order valence-corrected chi connectivity index (χ2v) is 7.12. The number of piperazine rings is 1. The summed E-state index contributed by atoms with van der Waals surface area (Å²) in [5, 5.41) is 8.05. The van der Waals surface area contributed by atoms with Crippen LogP contribution in [-0.2, 0) is 4.79 Å². The van der Waals surface area contributed by atoms with Crippen LogP contribution < -0.4 is 16.0 Å². The van der Waals surface area contributed by atoms with E-state index in [0.29, 0.717) is 24.5 Å². The van der Waals surface area contributed by atoms with Crippen molar-refractivity contribution in [3.05, 3.63) is 23.8 Å². The van der Waals surface area contributed by atoms with Crippen molar-refractivity contribution in [2.45, 2.75) is 17.1 Å². The molecule has 142 valence electrons. The number of alkyl halides is 3. The molecule has 0 bridgehead atoms. The molecule has 0 spiro atoms. The Bertz CT molecular complexity index is 693. The number of hydrogen-bond donors (Lipinski definition) is 3. The highest BCUT2D eigenvalue weighted by Gasteiger charge is 2.43. The van der Waals surface area contributed by atoms with Gasteiger partial charge < -0.3 is 16.0 Å². The Balaban J connectivity index is 1.66. The van der Waals surface area contributed by atoms with Gasteiger partial charge in [-0.1, -0.05) is 0 Å². The maximum atomic E-state index is 13.4. The lowest BCUT2D eigenvalue weighted by Crippen LogP contribution is -2.57. The van der Waals surface area contributed by atoms with E-state index in [4.69, 9.17) is 0 Å². The first-order valence-corrected chi connectivity index (χ1v) is 9.19. The number of amides is 2. The normalized spacial score (nSPS) is 19.4. The fraction of sp³-hybridized carbons (Fsp3) is 0.500. The number of nitrogens with zero attached hydrogens (tertiary/aromatic N) is 1. The third-order valence-electron chi connectivity index (χ3n) is 4.30. The Hall–Kier alpha value is -1.78. The van der Waals surface area contributed by atoms with E-state index in [1.165, 1.54) is 22.7 Å². The Morgan fingerprint density at radius 1 is 1.31 bits per heavy atom. The van der Waals surface area contributed by atoms with Crippen LogP contribution in [0.3, 0.4) is 0 Å². The summed E-state index contributed by atoms with van der Waals surface area (Å²) in [6.45, 7) is 1.02. The van der Waals surface area contributed by atoms with Gasteiger partial charge in [-0.2, -0.15) is 13.2 Å². The Kier molecular flexibility index (Phi) is 5.73. The molecule has 26 heavy (non-hydrogen) atoms. The van der Waals surface area contributed by atoms with Crippen molar-refractivity contribution < 1.29 is 22.8 Å². The molecular formula is C16H19F3N4O2S. The topological polar surface area (TPSA) is 73.5 Å². The Labute approximate surface area is 152 Å². The number of fused-ring (bicyclic) bond motifs is 1. The maximum Gasteiger partial charge on any atom is 0.405 e. The number of thioether (sulfide) groups is 1. The van der Waals surface area contributed by atoms with E-state index >= 15 is 0 Å². The first kappa shape index (κ1) is 19.0. The lowest BCUT2D eigenvalue weighted by atomic mass is 10.1. The highest BCUT2D eigenvalue weighted by atomic mass is 32.2. The SMILES string of the molecule is O=C1CSc2ccc(C(=O)NCC(N3CCNCC3)C(F)(F)F)cc2N1. The number of anilines is 1. The first-order chi connectivity index (χ1) is 12.3. The van der Waals surface area contributed by atoms with Crippen molar-refractivity contribution in [3.63, 3.8) is 0 Å². The number of hydrogen-bond acceptors (Lipinski definition) is 5. The van der Waals surface area contributed by atoms with Crippen molar-refractivity contribution in [3.8, 4) is 0 Å². The molecule has 10 heteroatoms. The molecule has 6 nitrogen and oxygen atoms in total. The van der Waals surface area contributed by atoms with Gasteiger partial charge in [0, 0.05) is 43.2 Å². The fourth-order valence-corrected chi connectivity index (χ4v) is 3.75. The minimum absolute atomic E-state index is 0.170. The minimum atomic E-state index is -4.43. The molecule has 1 fully saturated rings. The summed E-state index contributed by atoms with van der Waals surface area (Å²) in [6, 6.07) is 3.00. The average molecular weight is 388 g/mol. The smallest absolute Gasteiger partial charge is 0.350 e. The molecule has 2 heterocycles. The molecule has 1 unspecified atom stereocenters. The zero-order valence-corrected chi connectivity index (χ0v) is 14.7. The Morgan fingerprint density at radius 3 is 2.73 bits per heavy atom. The largest absolute Gasteiger partial charge is 0.405 e. The van der Waals surface area contributed by atoms with Crippen LogP contribution in [0.1, 0.15) is 10.4 Å². The predicted molar refractivity (Wildman–Crippen MR) is 92.4 cm³/mol. The number of nitrogens with one attached hydrogen (secondary N) is 3. The van der Waals surface area contributed by atoms with Crippen molar-refractivity contribution in [2.24, 2.45) is 0 Å². The van der Waals surface area contributed by atoms with Gasteiger partial charge in [0.2, 0.25) is 5.91 Å². The summed E-state index contributed by atoms with van der Waals surface area (Å²) in [7, 11) is 0. The van der Waals surface area contributed by atoms with Gasteiger partial charge >= 0.3 is 6.18 Å². The van der Waals surface area contributed by atoms with Crippen LogP contribution in [0.2, 0.25) is 0 Å². The Morgan fingerprint density at radius 2 is 2.04 bits per heavy atom. The zero-order valence-electron chi connectivity index (χ0n) is 13.9. The molecule has 0 saturated carbocycles. The molecule has 3 N–H and O–H groups in total.